The Morgan fingerprint density at radius 2 is 2.24 bits per heavy atom. The van der Waals surface area contributed by atoms with Crippen molar-refractivity contribution in [3.8, 4) is 11.5 Å². The molecular weight excluding hydrogens is 221 g/mol. The molecule has 0 atom stereocenters. The summed E-state index contributed by atoms with van der Waals surface area (Å²) in [4.78, 5) is 4.21. The van der Waals surface area contributed by atoms with Crippen molar-refractivity contribution >= 4 is 0 Å². The summed E-state index contributed by atoms with van der Waals surface area (Å²) in [5.41, 5.74) is 1.55. The fraction of sp³-hybridized carbons (Fsp3) is 0.333. The van der Waals surface area contributed by atoms with E-state index in [0.29, 0.717) is 23.8 Å². The summed E-state index contributed by atoms with van der Waals surface area (Å²) in [6.45, 7) is 5.26. The number of rotatable bonds is 4. The van der Waals surface area contributed by atoms with Crippen LogP contribution in [0.1, 0.15) is 18.3 Å². The van der Waals surface area contributed by atoms with Crippen LogP contribution in [0.25, 0.3) is 11.5 Å². The van der Waals surface area contributed by atoms with Crippen LogP contribution < -0.4 is 5.32 Å². The SMILES string of the molecule is CCNCc1noc(-c2cc(F)ccc2C)n1. The molecule has 1 aromatic heterocycles. The number of halogens is 1. The van der Waals surface area contributed by atoms with Crippen molar-refractivity contribution < 1.29 is 8.91 Å². The van der Waals surface area contributed by atoms with Crippen LogP contribution in [0.3, 0.4) is 0 Å². The standard InChI is InChI=1S/C12H14FN3O/c1-3-14-7-11-15-12(17-16-11)10-6-9(13)5-4-8(10)2/h4-6,14H,3,7H2,1-2H3. The smallest absolute Gasteiger partial charge is 0.258 e. The van der Waals surface area contributed by atoms with Crippen LogP contribution in [-0.4, -0.2) is 16.7 Å². The zero-order valence-electron chi connectivity index (χ0n) is 9.83. The highest BCUT2D eigenvalue weighted by Crippen LogP contribution is 2.22. The van der Waals surface area contributed by atoms with Crippen LogP contribution in [0.2, 0.25) is 0 Å². The minimum absolute atomic E-state index is 0.308. The molecule has 2 aromatic rings. The molecule has 2 rings (SSSR count). The average Bonchev–Trinajstić information content (AvgIpc) is 2.78. The Balaban J connectivity index is 2.27. The minimum atomic E-state index is -0.308. The molecule has 0 bridgehead atoms. The van der Waals surface area contributed by atoms with Crippen molar-refractivity contribution in [1.29, 1.82) is 0 Å². The number of nitrogens with zero attached hydrogens (tertiary/aromatic N) is 2. The monoisotopic (exact) mass is 235 g/mol. The van der Waals surface area contributed by atoms with Crippen LogP contribution in [0.15, 0.2) is 22.7 Å². The van der Waals surface area contributed by atoms with E-state index in [9.17, 15) is 4.39 Å². The lowest BCUT2D eigenvalue weighted by Gasteiger charge is -1.99. The molecule has 90 valence electrons. The second-order valence-corrected chi connectivity index (χ2v) is 3.76. The van der Waals surface area contributed by atoms with Crippen LogP contribution in [0, 0.1) is 12.7 Å². The van der Waals surface area contributed by atoms with E-state index in [2.05, 4.69) is 15.5 Å². The molecule has 0 spiro atoms. The van der Waals surface area contributed by atoms with Gasteiger partial charge in [-0.15, -0.1) is 0 Å². The van der Waals surface area contributed by atoms with Crippen LogP contribution in [0.4, 0.5) is 4.39 Å². The topological polar surface area (TPSA) is 51.0 Å². The lowest BCUT2D eigenvalue weighted by molar-refractivity contribution is 0.419. The molecule has 0 saturated carbocycles. The number of aromatic nitrogens is 2. The van der Waals surface area contributed by atoms with Crippen LogP contribution in [-0.2, 0) is 6.54 Å². The Morgan fingerprint density at radius 3 is 3.00 bits per heavy atom. The highest BCUT2D eigenvalue weighted by Gasteiger charge is 2.11. The molecule has 1 aromatic carbocycles. The van der Waals surface area contributed by atoms with Gasteiger partial charge in [0.2, 0.25) is 0 Å². The maximum absolute atomic E-state index is 13.1. The van der Waals surface area contributed by atoms with Crippen molar-refractivity contribution in [2.24, 2.45) is 0 Å². The third-order valence-corrected chi connectivity index (χ3v) is 2.43. The first kappa shape index (κ1) is 11.7. The molecule has 17 heavy (non-hydrogen) atoms. The normalized spacial score (nSPS) is 10.8. The van der Waals surface area contributed by atoms with Gasteiger partial charge in [0.15, 0.2) is 5.82 Å². The minimum Gasteiger partial charge on any atom is -0.334 e. The van der Waals surface area contributed by atoms with Gasteiger partial charge in [0, 0.05) is 5.56 Å². The molecule has 0 aliphatic carbocycles. The number of hydrogen-bond acceptors (Lipinski definition) is 4. The summed E-state index contributed by atoms with van der Waals surface area (Å²) in [7, 11) is 0. The third-order valence-electron chi connectivity index (χ3n) is 2.43. The molecule has 4 nitrogen and oxygen atoms in total. The summed E-state index contributed by atoms with van der Waals surface area (Å²) < 4.78 is 18.3. The largest absolute Gasteiger partial charge is 0.334 e. The van der Waals surface area contributed by atoms with Gasteiger partial charge in [-0.2, -0.15) is 4.98 Å². The fourth-order valence-corrected chi connectivity index (χ4v) is 1.50. The average molecular weight is 235 g/mol. The predicted molar refractivity (Wildman–Crippen MR) is 61.8 cm³/mol. The maximum atomic E-state index is 13.1. The zero-order chi connectivity index (χ0) is 12.3. The summed E-state index contributed by atoms with van der Waals surface area (Å²) in [5, 5.41) is 6.93. The number of benzene rings is 1. The van der Waals surface area contributed by atoms with Crippen molar-refractivity contribution in [1.82, 2.24) is 15.5 Å². The molecule has 5 heteroatoms. The van der Waals surface area contributed by atoms with Gasteiger partial charge >= 0.3 is 0 Å². The predicted octanol–water partition coefficient (Wildman–Crippen LogP) is 2.29. The molecule has 0 unspecified atom stereocenters. The van der Waals surface area contributed by atoms with E-state index in [1.807, 2.05) is 13.8 Å². The highest BCUT2D eigenvalue weighted by molar-refractivity contribution is 5.57. The molecule has 1 heterocycles. The van der Waals surface area contributed by atoms with E-state index in [1.165, 1.54) is 12.1 Å². The van der Waals surface area contributed by atoms with Crippen LogP contribution >= 0.6 is 0 Å². The number of hydrogen-bond donors (Lipinski definition) is 1. The molecule has 1 N–H and O–H groups in total. The van der Waals surface area contributed by atoms with E-state index >= 15 is 0 Å². The summed E-state index contributed by atoms with van der Waals surface area (Å²) in [5.74, 6) is 0.623. The van der Waals surface area contributed by atoms with E-state index in [-0.39, 0.29) is 5.82 Å². The first-order chi connectivity index (χ1) is 8.20. The Bertz CT molecular complexity index is 510. The molecule has 0 saturated heterocycles. The van der Waals surface area contributed by atoms with Crippen molar-refractivity contribution in [2.75, 3.05) is 6.54 Å². The van der Waals surface area contributed by atoms with Crippen molar-refractivity contribution in [2.45, 2.75) is 20.4 Å². The molecule has 0 radical (unpaired) electrons. The van der Waals surface area contributed by atoms with Gasteiger partial charge in [-0.05, 0) is 31.2 Å². The van der Waals surface area contributed by atoms with E-state index in [4.69, 9.17) is 4.52 Å². The van der Waals surface area contributed by atoms with E-state index < -0.39 is 0 Å². The second kappa shape index (κ2) is 5.05. The molecular formula is C12H14FN3O. The van der Waals surface area contributed by atoms with E-state index in [0.717, 1.165) is 12.1 Å². The van der Waals surface area contributed by atoms with Gasteiger partial charge in [-0.1, -0.05) is 18.1 Å². The van der Waals surface area contributed by atoms with Gasteiger partial charge in [-0.25, -0.2) is 4.39 Å². The summed E-state index contributed by atoms with van der Waals surface area (Å²) in [6.07, 6.45) is 0. The Morgan fingerprint density at radius 1 is 1.41 bits per heavy atom. The van der Waals surface area contributed by atoms with E-state index in [1.54, 1.807) is 6.07 Å². The first-order valence-electron chi connectivity index (χ1n) is 5.50. The third kappa shape index (κ3) is 2.68. The molecule has 0 aliphatic heterocycles. The first-order valence-corrected chi connectivity index (χ1v) is 5.50. The Labute approximate surface area is 98.8 Å². The van der Waals surface area contributed by atoms with Gasteiger partial charge in [0.1, 0.15) is 5.82 Å². The number of aryl methyl sites for hydroxylation is 1. The fourth-order valence-electron chi connectivity index (χ4n) is 1.50. The Kier molecular flexibility index (Phi) is 3.49. The maximum Gasteiger partial charge on any atom is 0.258 e. The number of nitrogens with one attached hydrogen (secondary N) is 1. The summed E-state index contributed by atoms with van der Waals surface area (Å²) >= 11 is 0. The second-order valence-electron chi connectivity index (χ2n) is 3.76. The zero-order valence-corrected chi connectivity index (χ0v) is 9.83. The van der Waals surface area contributed by atoms with Crippen molar-refractivity contribution in [3.05, 3.63) is 35.4 Å². The molecule has 0 amide bonds. The van der Waals surface area contributed by atoms with Crippen molar-refractivity contribution in [3.63, 3.8) is 0 Å². The Hall–Kier alpha value is -1.75. The summed E-state index contributed by atoms with van der Waals surface area (Å²) in [6, 6.07) is 4.51. The molecule has 0 aliphatic rings. The lowest BCUT2D eigenvalue weighted by atomic mass is 10.1. The van der Waals surface area contributed by atoms with Gasteiger partial charge in [-0.3, -0.25) is 0 Å². The van der Waals surface area contributed by atoms with Gasteiger partial charge < -0.3 is 9.84 Å². The van der Waals surface area contributed by atoms with Gasteiger partial charge in [0.05, 0.1) is 6.54 Å². The quantitative estimate of drug-likeness (QED) is 0.883. The highest BCUT2D eigenvalue weighted by atomic mass is 19.1. The molecule has 0 fully saturated rings. The van der Waals surface area contributed by atoms with Crippen LogP contribution in [0.5, 0.6) is 0 Å². The van der Waals surface area contributed by atoms with Gasteiger partial charge in [0.25, 0.3) is 5.89 Å². The lowest BCUT2D eigenvalue weighted by Crippen LogP contribution is -2.12.